The van der Waals surface area contributed by atoms with Crippen molar-refractivity contribution >= 4 is 0 Å². The molecule has 100 valence electrons. The van der Waals surface area contributed by atoms with Gasteiger partial charge in [0.2, 0.25) is 0 Å². The molecule has 0 aliphatic carbocycles. The maximum atomic E-state index is 12.5. The van der Waals surface area contributed by atoms with Crippen LogP contribution in [0.4, 0.5) is 4.39 Å². The van der Waals surface area contributed by atoms with Crippen LogP contribution in [0.5, 0.6) is 0 Å². The van der Waals surface area contributed by atoms with Crippen molar-refractivity contribution in [2.24, 2.45) is 5.92 Å². The highest BCUT2D eigenvalue weighted by atomic mass is 19.1. The Bertz CT molecular complexity index is 213. The highest BCUT2D eigenvalue weighted by Crippen LogP contribution is 2.08. The number of hydrogen-bond donors (Lipinski definition) is 2. The number of halogens is 1. The van der Waals surface area contributed by atoms with Crippen molar-refractivity contribution in [1.29, 1.82) is 0 Å². The summed E-state index contributed by atoms with van der Waals surface area (Å²) in [4.78, 5) is 4.89. The molecular formula is C12H25FN4. The summed E-state index contributed by atoms with van der Waals surface area (Å²) < 4.78 is 12.5. The van der Waals surface area contributed by atoms with E-state index in [-0.39, 0.29) is 12.6 Å². The zero-order chi connectivity index (χ0) is 12.1. The maximum Gasteiger partial charge on any atom is 0.0932 e. The van der Waals surface area contributed by atoms with Crippen LogP contribution in [0.25, 0.3) is 0 Å². The number of piperazine rings is 2. The lowest BCUT2D eigenvalue weighted by Gasteiger charge is -2.41. The number of hydrogen-bond acceptors (Lipinski definition) is 4. The second kappa shape index (κ2) is 6.64. The molecule has 0 amide bonds. The second-order valence-electron chi connectivity index (χ2n) is 5.27. The van der Waals surface area contributed by atoms with Gasteiger partial charge in [-0.1, -0.05) is 6.92 Å². The Hall–Kier alpha value is -0.230. The Morgan fingerprint density at radius 3 is 2.59 bits per heavy atom. The van der Waals surface area contributed by atoms with Gasteiger partial charge in [0.1, 0.15) is 0 Å². The summed E-state index contributed by atoms with van der Waals surface area (Å²) in [5, 5.41) is 6.96. The molecule has 2 aliphatic rings. The first kappa shape index (κ1) is 13.2. The van der Waals surface area contributed by atoms with E-state index in [4.69, 9.17) is 0 Å². The van der Waals surface area contributed by atoms with Gasteiger partial charge in [-0.05, 0) is 5.92 Å². The van der Waals surface area contributed by atoms with Crippen molar-refractivity contribution < 1.29 is 4.39 Å². The lowest BCUT2D eigenvalue weighted by Crippen LogP contribution is -2.61. The van der Waals surface area contributed by atoms with E-state index in [2.05, 4.69) is 20.4 Å². The van der Waals surface area contributed by atoms with Gasteiger partial charge in [0.15, 0.2) is 0 Å². The molecule has 2 rings (SSSR count). The van der Waals surface area contributed by atoms with Crippen LogP contribution in [-0.4, -0.2) is 75.0 Å². The van der Waals surface area contributed by atoms with E-state index in [1.807, 2.05) is 6.92 Å². The summed E-state index contributed by atoms with van der Waals surface area (Å²) >= 11 is 0. The van der Waals surface area contributed by atoms with Gasteiger partial charge in [0.25, 0.3) is 0 Å². The van der Waals surface area contributed by atoms with E-state index >= 15 is 0 Å². The third kappa shape index (κ3) is 3.88. The molecule has 0 radical (unpaired) electrons. The molecule has 2 atom stereocenters. The summed E-state index contributed by atoms with van der Waals surface area (Å²) in [6.45, 7) is 10.2. The SMILES string of the molecule is C[C@H](CF)CN1CCN(C2CNCCN2)CC1. The molecular weight excluding hydrogens is 219 g/mol. The predicted molar refractivity (Wildman–Crippen MR) is 67.8 cm³/mol. The molecule has 0 spiro atoms. The molecule has 0 aromatic rings. The van der Waals surface area contributed by atoms with Gasteiger partial charge in [-0.15, -0.1) is 0 Å². The van der Waals surface area contributed by atoms with Crippen LogP contribution in [0.2, 0.25) is 0 Å². The quantitative estimate of drug-likeness (QED) is 0.713. The summed E-state index contributed by atoms with van der Waals surface area (Å²) in [6.07, 6.45) is 0.490. The third-order valence-electron chi connectivity index (χ3n) is 3.70. The molecule has 4 nitrogen and oxygen atoms in total. The zero-order valence-electron chi connectivity index (χ0n) is 10.8. The van der Waals surface area contributed by atoms with Crippen LogP contribution in [0, 0.1) is 5.92 Å². The van der Waals surface area contributed by atoms with Crippen molar-refractivity contribution in [1.82, 2.24) is 20.4 Å². The molecule has 0 aromatic carbocycles. The largest absolute Gasteiger partial charge is 0.313 e. The molecule has 2 fully saturated rings. The van der Waals surface area contributed by atoms with Gasteiger partial charge in [0, 0.05) is 52.4 Å². The molecule has 17 heavy (non-hydrogen) atoms. The average molecular weight is 244 g/mol. The lowest BCUT2D eigenvalue weighted by atomic mass is 10.1. The van der Waals surface area contributed by atoms with Crippen LogP contribution in [-0.2, 0) is 0 Å². The maximum absolute atomic E-state index is 12.5. The summed E-state index contributed by atoms with van der Waals surface area (Å²) in [7, 11) is 0. The van der Waals surface area contributed by atoms with Gasteiger partial charge >= 0.3 is 0 Å². The fraction of sp³-hybridized carbons (Fsp3) is 1.00. The smallest absolute Gasteiger partial charge is 0.0932 e. The molecule has 5 heteroatoms. The molecule has 2 aliphatic heterocycles. The van der Waals surface area contributed by atoms with E-state index in [1.165, 1.54) is 0 Å². The van der Waals surface area contributed by atoms with Gasteiger partial charge in [0.05, 0.1) is 12.8 Å². The van der Waals surface area contributed by atoms with Crippen LogP contribution in [0.15, 0.2) is 0 Å². The van der Waals surface area contributed by atoms with Crippen molar-refractivity contribution in [3.05, 3.63) is 0 Å². The Morgan fingerprint density at radius 1 is 1.24 bits per heavy atom. The van der Waals surface area contributed by atoms with E-state index in [0.29, 0.717) is 6.17 Å². The molecule has 1 unspecified atom stereocenters. The molecule has 2 heterocycles. The van der Waals surface area contributed by atoms with Crippen LogP contribution in [0.1, 0.15) is 6.92 Å². The minimum Gasteiger partial charge on any atom is -0.313 e. The third-order valence-corrected chi connectivity index (χ3v) is 3.70. The fourth-order valence-electron chi connectivity index (χ4n) is 2.64. The second-order valence-corrected chi connectivity index (χ2v) is 5.27. The number of nitrogens with zero attached hydrogens (tertiary/aromatic N) is 2. The number of nitrogens with one attached hydrogen (secondary N) is 2. The molecule has 0 bridgehead atoms. The van der Waals surface area contributed by atoms with Gasteiger partial charge in [-0.2, -0.15) is 0 Å². The van der Waals surface area contributed by atoms with Crippen LogP contribution < -0.4 is 10.6 Å². The Labute approximate surface area is 104 Å². The Balaban J connectivity index is 1.70. The Morgan fingerprint density at radius 2 is 2.00 bits per heavy atom. The minimum absolute atomic E-state index is 0.177. The number of rotatable bonds is 4. The van der Waals surface area contributed by atoms with Crippen LogP contribution in [0.3, 0.4) is 0 Å². The first-order chi connectivity index (χ1) is 8.29. The summed E-state index contributed by atoms with van der Waals surface area (Å²) in [6, 6.07) is 0. The average Bonchev–Trinajstić information content (AvgIpc) is 2.40. The predicted octanol–water partition coefficient (Wildman–Crippen LogP) is -0.271. The van der Waals surface area contributed by atoms with Crippen molar-refractivity contribution in [2.45, 2.75) is 13.1 Å². The van der Waals surface area contributed by atoms with Gasteiger partial charge < -0.3 is 10.2 Å². The highest BCUT2D eigenvalue weighted by molar-refractivity contribution is 4.81. The molecule has 0 saturated carbocycles. The topological polar surface area (TPSA) is 30.5 Å². The lowest BCUT2D eigenvalue weighted by molar-refractivity contribution is 0.0659. The van der Waals surface area contributed by atoms with Crippen molar-refractivity contribution in [2.75, 3.05) is 59.0 Å². The normalized spacial score (nSPS) is 30.4. The van der Waals surface area contributed by atoms with Crippen LogP contribution >= 0.6 is 0 Å². The van der Waals surface area contributed by atoms with E-state index in [9.17, 15) is 4.39 Å². The first-order valence-corrected chi connectivity index (χ1v) is 6.76. The molecule has 0 aromatic heterocycles. The minimum atomic E-state index is -0.200. The highest BCUT2D eigenvalue weighted by Gasteiger charge is 2.25. The Kier molecular flexibility index (Phi) is 5.16. The molecule has 2 N–H and O–H groups in total. The van der Waals surface area contributed by atoms with E-state index < -0.39 is 0 Å². The zero-order valence-corrected chi connectivity index (χ0v) is 10.8. The molecule has 2 saturated heterocycles. The fourth-order valence-corrected chi connectivity index (χ4v) is 2.64. The van der Waals surface area contributed by atoms with Crippen molar-refractivity contribution in [3.8, 4) is 0 Å². The van der Waals surface area contributed by atoms with E-state index in [0.717, 1.165) is 52.4 Å². The standard InChI is InChI=1S/C12H25FN4/c1-11(8-13)10-16-4-6-17(7-5-16)12-9-14-2-3-15-12/h11-12,14-15H,2-10H2,1H3/t11-,12?/m1/s1. The van der Waals surface area contributed by atoms with Crippen molar-refractivity contribution in [3.63, 3.8) is 0 Å². The van der Waals surface area contributed by atoms with E-state index in [1.54, 1.807) is 0 Å². The monoisotopic (exact) mass is 244 g/mol. The van der Waals surface area contributed by atoms with Gasteiger partial charge in [-0.25, -0.2) is 0 Å². The summed E-state index contributed by atoms with van der Waals surface area (Å²) in [5.74, 6) is 0.177. The van der Waals surface area contributed by atoms with Gasteiger partial charge in [-0.3, -0.25) is 14.6 Å². The number of alkyl halides is 1. The summed E-state index contributed by atoms with van der Waals surface area (Å²) in [5.41, 5.74) is 0. The first-order valence-electron chi connectivity index (χ1n) is 6.76.